The molecule has 2 N–H and O–H groups in total. The average molecular weight is 478 g/mol. The predicted molar refractivity (Wildman–Crippen MR) is 120 cm³/mol. The molecule has 1 saturated heterocycles. The first-order valence-electron chi connectivity index (χ1n) is 10.7. The highest BCUT2D eigenvalue weighted by atomic mass is 19.1. The van der Waals surface area contributed by atoms with E-state index in [0.29, 0.717) is 29.4 Å². The Kier molecular flexibility index (Phi) is 5.47. The van der Waals surface area contributed by atoms with Crippen molar-refractivity contribution in [2.75, 3.05) is 10.6 Å². The van der Waals surface area contributed by atoms with Crippen LogP contribution in [0.3, 0.4) is 0 Å². The van der Waals surface area contributed by atoms with E-state index in [-0.39, 0.29) is 29.2 Å². The fourth-order valence-corrected chi connectivity index (χ4v) is 3.74. The lowest BCUT2D eigenvalue weighted by atomic mass is 10.1. The van der Waals surface area contributed by atoms with Gasteiger partial charge in [0, 0.05) is 43.4 Å². The Morgan fingerprint density at radius 2 is 1.97 bits per heavy atom. The SMILES string of the molecule is Cc1nc(C)c(C(=O)Nc2ccc(F)c(-c3cn4cc(NC(=O)C5CCC(=O)O5)cnc4n3)c2)o1. The van der Waals surface area contributed by atoms with Gasteiger partial charge in [0.1, 0.15) is 5.82 Å². The van der Waals surface area contributed by atoms with Crippen LogP contribution in [0.1, 0.15) is 35.0 Å². The maximum Gasteiger partial charge on any atom is 0.306 e. The van der Waals surface area contributed by atoms with Crippen LogP contribution >= 0.6 is 0 Å². The standard InChI is InChI=1S/C23H19FN6O5/c1-11-20(34-12(2)26-11)22(33)27-13-3-4-16(24)15(7-13)17-10-30-9-14(8-25-23(30)29-17)28-21(32)18-5-6-19(31)35-18/h3-4,7-10,18H,5-6H2,1-2H3,(H,27,33)(H,28,32). The second-order valence-corrected chi connectivity index (χ2v) is 7.98. The number of nitrogens with zero attached hydrogens (tertiary/aromatic N) is 4. The summed E-state index contributed by atoms with van der Waals surface area (Å²) in [4.78, 5) is 48.6. The third kappa shape index (κ3) is 4.45. The molecule has 1 aromatic carbocycles. The smallest absolute Gasteiger partial charge is 0.306 e. The molecular weight excluding hydrogens is 459 g/mol. The van der Waals surface area contributed by atoms with Crippen LogP contribution in [0.2, 0.25) is 0 Å². The maximum absolute atomic E-state index is 14.7. The molecule has 1 unspecified atom stereocenters. The van der Waals surface area contributed by atoms with Crippen LogP contribution in [0.25, 0.3) is 17.0 Å². The van der Waals surface area contributed by atoms with Gasteiger partial charge < -0.3 is 19.8 Å². The highest BCUT2D eigenvalue weighted by Gasteiger charge is 2.30. The summed E-state index contributed by atoms with van der Waals surface area (Å²) in [5.41, 5.74) is 1.55. The van der Waals surface area contributed by atoms with Crippen molar-refractivity contribution >= 4 is 34.9 Å². The summed E-state index contributed by atoms with van der Waals surface area (Å²) in [7, 11) is 0. The second-order valence-electron chi connectivity index (χ2n) is 7.98. The lowest BCUT2D eigenvalue weighted by Crippen LogP contribution is -2.27. The molecule has 0 aliphatic carbocycles. The number of benzene rings is 1. The summed E-state index contributed by atoms with van der Waals surface area (Å²) < 4.78 is 26.5. The number of rotatable bonds is 5. The van der Waals surface area contributed by atoms with Crippen molar-refractivity contribution in [3.8, 4) is 11.3 Å². The van der Waals surface area contributed by atoms with Crippen LogP contribution < -0.4 is 10.6 Å². The zero-order valence-electron chi connectivity index (χ0n) is 18.7. The van der Waals surface area contributed by atoms with E-state index < -0.39 is 29.7 Å². The molecule has 0 bridgehead atoms. The molecule has 1 fully saturated rings. The van der Waals surface area contributed by atoms with E-state index in [1.807, 2.05) is 0 Å². The number of aryl methyl sites for hydroxylation is 2. The van der Waals surface area contributed by atoms with E-state index >= 15 is 0 Å². The number of carbonyl (C=O) groups is 3. The lowest BCUT2D eigenvalue weighted by Gasteiger charge is -2.09. The van der Waals surface area contributed by atoms with Crippen molar-refractivity contribution < 1.29 is 27.9 Å². The van der Waals surface area contributed by atoms with Crippen molar-refractivity contribution in [2.45, 2.75) is 32.8 Å². The van der Waals surface area contributed by atoms with Gasteiger partial charge in [-0.2, -0.15) is 0 Å². The molecule has 0 spiro atoms. The Balaban J connectivity index is 1.37. The topological polar surface area (TPSA) is 141 Å². The van der Waals surface area contributed by atoms with Crippen LogP contribution in [-0.4, -0.2) is 43.2 Å². The van der Waals surface area contributed by atoms with Crippen LogP contribution in [-0.2, 0) is 14.3 Å². The summed E-state index contributed by atoms with van der Waals surface area (Å²) in [5.74, 6) is -1.21. The third-order valence-corrected chi connectivity index (χ3v) is 5.36. The van der Waals surface area contributed by atoms with Crippen LogP contribution in [0.4, 0.5) is 15.8 Å². The van der Waals surface area contributed by atoms with E-state index in [4.69, 9.17) is 9.15 Å². The number of amides is 2. The molecular formula is C23H19FN6O5. The quantitative estimate of drug-likeness (QED) is 0.417. The Hall–Kier alpha value is -4.61. The molecule has 4 aromatic rings. The predicted octanol–water partition coefficient (Wildman–Crippen LogP) is 3.04. The number of anilines is 2. The zero-order valence-corrected chi connectivity index (χ0v) is 18.7. The molecule has 35 heavy (non-hydrogen) atoms. The van der Waals surface area contributed by atoms with Crippen molar-refractivity contribution in [2.24, 2.45) is 0 Å². The molecule has 5 rings (SSSR count). The van der Waals surface area contributed by atoms with Crippen molar-refractivity contribution in [3.63, 3.8) is 0 Å². The number of hydrogen-bond acceptors (Lipinski definition) is 8. The monoisotopic (exact) mass is 478 g/mol. The Labute approximate surface area is 197 Å². The second kappa shape index (κ2) is 8.63. The average Bonchev–Trinajstić information content (AvgIpc) is 3.52. The first-order valence-corrected chi connectivity index (χ1v) is 10.7. The van der Waals surface area contributed by atoms with Gasteiger partial charge in [-0.15, -0.1) is 0 Å². The van der Waals surface area contributed by atoms with Crippen LogP contribution in [0.15, 0.2) is 41.2 Å². The van der Waals surface area contributed by atoms with Crippen molar-refractivity contribution in [1.82, 2.24) is 19.4 Å². The maximum atomic E-state index is 14.7. The number of ether oxygens (including phenoxy) is 1. The highest BCUT2D eigenvalue weighted by molar-refractivity contribution is 6.03. The Bertz CT molecular complexity index is 1490. The number of halogens is 1. The molecule has 1 aliphatic heterocycles. The number of oxazole rings is 1. The van der Waals surface area contributed by atoms with Crippen LogP contribution in [0, 0.1) is 19.7 Å². The van der Waals surface area contributed by atoms with E-state index in [0.717, 1.165) is 0 Å². The van der Waals surface area contributed by atoms with Gasteiger partial charge in [0.15, 0.2) is 12.0 Å². The summed E-state index contributed by atoms with van der Waals surface area (Å²) >= 11 is 0. The molecule has 178 valence electrons. The molecule has 0 radical (unpaired) electrons. The summed E-state index contributed by atoms with van der Waals surface area (Å²) in [5, 5.41) is 5.32. The van der Waals surface area contributed by atoms with E-state index in [9.17, 15) is 18.8 Å². The van der Waals surface area contributed by atoms with Gasteiger partial charge >= 0.3 is 5.97 Å². The molecule has 1 atom stereocenters. The van der Waals surface area contributed by atoms with Gasteiger partial charge in [-0.05, 0) is 25.1 Å². The number of esters is 1. The van der Waals surface area contributed by atoms with Gasteiger partial charge in [-0.25, -0.2) is 19.3 Å². The molecule has 1 aliphatic rings. The van der Waals surface area contributed by atoms with E-state index in [1.54, 1.807) is 26.2 Å². The number of carbonyl (C=O) groups excluding carboxylic acids is 3. The number of hydrogen-bond donors (Lipinski definition) is 2. The van der Waals surface area contributed by atoms with Crippen LogP contribution in [0.5, 0.6) is 0 Å². The van der Waals surface area contributed by atoms with Gasteiger partial charge in [0.2, 0.25) is 11.5 Å². The summed E-state index contributed by atoms with van der Waals surface area (Å²) in [6.45, 7) is 3.29. The highest BCUT2D eigenvalue weighted by Crippen LogP contribution is 2.27. The molecule has 3 aromatic heterocycles. The van der Waals surface area contributed by atoms with Gasteiger partial charge in [-0.3, -0.25) is 18.8 Å². The normalized spacial score (nSPS) is 15.3. The largest absolute Gasteiger partial charge is 0.452 e. The van der Waals surface area contributed by atoms with Crippen molar-refractivity contribution in [3.05, 3.63) is 60.0 Å². The number of nitrogens with one attached hydrogen (secondary N) is 2. The minimum Gasteiger partial charge on any atom is -0.452 e. The number of aromatic nitrogens is 4. The number of imidazole rings is 1. The first kappa shape index (κ1) is 22.2. The number of cyclic esters (lactones) is 1. The molecule has 11 nitrogen and oxygen atoms in total. The summed E-state index contributed by atoms with van der Waals surface area (Å²) in [6, 6.07) is 4.09. The summed E-state index contributed by atoms with van der Waals surface area (Å²) in [6.07, 6.45) is 4.18. The van der Waals surface area contributed by atoms with Gasteiger partial charge in [0.25, 0.3) is 11.8 Å². The third-order valence-electron chi connectivity index (χ3n) is 5.36. The van der Waals surface area contributed by atoms with E-state index in [2.05, 4.69) is 25.6 Å². The zero-order chi connectivity index (χ0) is 24.7. The minimum absolute atomic E-state index is 0.0762. The first-order chi connectivity index (χ1) is 16.8. The van der Waals surface area contributed by atoms with Gasteiger partial charge in [0.05, 0.1) is 23.3 Å². The fourth-order valence-electron chi connectivity index (χ4n) is 3.74. The molecule has 12 heteroatoms. The van der Waals surface area contributed by atoms with Crippen molar-refractivity contribution in [1.29, 1.82) is 0 Å². The lowest BCUT2D eigenvalue weighted by molar-refractivity contribution is -0.146. The number of fused-ring (bicyclic) bond motifs is 1. The Morgan fingerprint density at radius 3 is 2.69 bits per heavy atom. The molecule has 0 saturated carbocycles. The minimum atomic E-state index is -0.840. The Morgan fingerprint density at radius 1 is 1.14 bits per heavy atom. The van der Waals surface area contributed by atoms with E-state index in [1.165, 1.54) is 28.8 Å². The fraction of sp³-hybridized carbons (Fsp3) is 0.217. The molecule has 2 amide bonds. The van der Waals surface area contributed by atoms with Gasteiger partial charge in [-0.1, -0.05) is 0 Å². The molecule has 4 heterocycles.